The highest BCUT2D eigenvalue weighted by atomic mass is 19.1. The quantitative estimate of drug-likeness (QED) is 0.674. The Morgan fingerprint density at radius 1 is 1.23 bits per heavy atom. The van der Waals surface area contributed by atoms with E-state index in [4.69, 9.17) is 11.0 Å². The molecule has 1 saturated heterocycles. The Bertz CT molecular complexity index is 1180. The van der Waals surface area contributed by atoms with Gasteiger partial charge in [-0.25, -0.2) is 14.1 Å². The molecule has 2 aromatic heterocycles. The second-order valence-electron chi connectivity index (χ2n) is 7.42. The van der Waals surface area contributed by atoms with E-state index in [1.54, 1.807) is 40.2 Å². The van der Waals surface area contributed by atoms with E-state index in [0.29, 0.717) is 54.3 Å². The van der Waals surface area contributed by atoms with E-state index >= 15 is 0 Å². The number of fused-ring (bicyclic) bond motifs is 1. The smallest absolute Gasteiger partial charge is 0.262 e. The molecule has 30 heavy (non-hydrogen) atoms. The van der Waals surface area contributed by atoms with Gasteiger partial charge in [-0.05, 0) is 36.8 Å². The molecule has 0 spiro atoms. The predicted molar refractivity (Wildman–Crippen MR) is 109 cm³/mol. The third-order valence-electron chi connectivity index (χ3n) is 5.49. The van der Waals surface area contributed by atoms with Gasteiger partial charge in [0.15, 0.2) is 0 Å². The molecule has 0 radical (unpaired) electrons. The second-order valence-corrected chi connectivity index (χ2v) is 7.42. The molecule has 0 aliphatic carbocycles. The fourth-order valence-electron chi connectivity index (χ4n) is 3.86. The van der Waals surface area contributed by atoms with Crippen molar-refractivity contribution in [3.63, 3.8) is 0 Å². The SMILES string of the molecule is N#Cc1ccc(N2Cc3nn(-c4ccc(N5CC[C@@H](F)C5)nc4)cc3C2=O)cc1N. The number of nitrogens with two attached hydrogens (primary N) is 1. The number of halogens is 1. The van der Waals surface area contributed by atoms with Gasteiger partial charge in [-0.3, -0.25) is 4.79 Å². The van der Waals surface area contributed by atoms with Crippen LogP contribution in [0.2, 0.25) is 0 Å². The number of hydrogen-bond donors (Lipinski definition) is 1. The molecular weight excluding hydrogens is 385 g/mol. The van der Waals surface area contributed by atoms with Gasteiger partial charge in [-0.1, -0.05) is 0 Å². The molecule has 4 heterocycles. The van der Waals surface area contributed by atoms with Crippen molar-refractivity contribution in [1.29, 1.82) is 5.26 Å². The van der Waals surface area contributed by atoms with Crippen LogP contribution in [0.4, 0.5) is 21.6 Å². The predicted octanol–water partition coefficient (Wildman–Crippen LogP) is 2.43. The molecular formula is C21H18FN7O. The van der Waals surface area contributed by atoms with Crippen LogP contribution in [0.3, 0.4) is 0 Å². The molecule has 0 unspecified atom stereocenters. The molecule has 2 aliphatic rings. The second kappa shape index (κ2) is 6.84. The first-order valence-corrected chi connectivity index (χ1v) is 9.59. The fraction of sp³-hybridized carbons (Fsp3) is 0.238. The van der Waals surface area contributed by atoms with E-state index < -0.39 is 6.17 Å². The van der Waals surface area contributed by atoms with Crippen LogP contribution >= 0.6 is 0 Å². The maximum Gasteiger partial charge on any atom is 0.262 e. The number of carbonyl (C=O) groups excluding carboxylic acids is 1. The Morgan fingerprint density at radius 2 is 2.07 bits per heavy atom. The van der Waals surface area contributed by atoms with Crippen molar-refractivity contribution in [1.82, 2.24) is 14.8 Å². The molecule has 1 amide bonds. The highest BCUT2D eigenvalue weighted by Gasteiger charge is 2.32. The number of hydrogen-bond acceptors (Lipinski definition) is 6. The van der Waals surface area contributed by atoms with Crippen molar-refractivity contribution in [3.8, 4) is 11.8 Å². The number of nitrogens with zero attached hydrogens (tertiary/aromatic N) is 6. The van der Waals surface area contributed by atoms with Crippen LogP contribution in [0.15, 0.2) is 42.7 Å². The number of rotatable bonds is 3. The molecule has 0 bridgehead atoms. The molecule has 1 aromatic carbocycles. The van der Waals surface area contributed by atoms with Gasteiger partial charge in [0.25, 0.3) is 5.91 Å². The van der Waals surface area contributed by atoms with Gasteiger partial charge in [-0.2, -0.15) is 10.4 Å². The molecule has 1 atom stereocenters. The summed E-state index contributed by atoms with van der Waals surface area (Å²) < 4.78 is 15.0. The summed E-state index contributed by atoms with van der Waals surface area (Å²) in [6, 6.07) is 10.6. The van der Waals surface area contributed by atoms with Crippen molar-refractivity contribution < 1.29 is 9.18 Å². The topological polar surface area (TPSA) is 104 Å². The van der Waals surface area contributed by atoms with E-state index in [-0.39, 0.29) is 5.91 Å². The number of amides is 1. The number of nitriles is 1. The van der Waals surface area contributed by atoms with Gasteiger partial charge in [0, 0.05) is 18.4 Å². The Balaban J connectivity index is 1.36. The summed E-state index contributed by atoms with van der Waals surface area (Å²) in [5.41, 5.74) is 9.12. The van der Waals surface area contributed by atoms with E-state index in [1.807, 2.05) is 23.1 Å². The molecule has 9 heteroatoms. The van der Waals surface area contributed by atoms with Gasteiger partial charge in [0.2, 0.25) is 0 Å². The summed E-state index contributed by atoms with van der Waals surface area (Å²) in [5, 5.41) is 13.6. The van der Waals surface area contributed by atoms with Crippen LogP contribution < -0.4 is 15.5 Å². The Kier molecular flexibility index (Phi) is 4.13. The van der Waals surface area contributed by atoms with Crippen LogP contribution in [0.1, 0.15) is 28.0 Å². The van der Waals surface area contributed by atoms with Crippen molar-refractivity contribution in [2.24, 2.45) is 0 Å². The van der Waals surface area contributed by atoms with Crippen molar-refractivity contribution in [2.75, 3.05) is 28.6 Å². The average Bonchev–Trinajstić information content (AvgIpc) is 3.44. The van der Waals surface area contributed by atoms with E-state index in [2.05, 4.69) is 10.1 Å². The number of benzene rings is 1. The maximum atomic E-state index is 13.4. The number of anilines is 3. The number of alkyl halides is 1. The van der Waals surface area contributed by atoms with Crippen molar-refractivity contribution in [2.45, 2.75) is 19.1 Å². The Hall–Kier alpha value is -3.93. The standard InChI is InChI=1S/C21H18FN7O/c22-14-5-6-27(10-14)20-4-3-16(9-25-20)29-11-17-19(26-29)12-28(21(17)30)15-2-1-13(8-23)18(24)7-15/h1-4,7,9,11,14H,5-6,10,12,24H2/t14-/m1/s1. The zero-order valence-corrected chi connectivity index (χ0v) is 16.0. The van der Waals surface area contributed by atoms with Crippen molar-refractivity contribution in [3.05, 3.63) is 59.5 Å². The van der Waals surface area contributed by atoms with Crippen molar-refractivity contribution >= 4 is 23.1 Å². The Labute approximate surface area is 171 Å². The van der Waals surface area contributed by atoms with Gasteiger partial charge < -0.3 is 15.5 Å². The largest absolute Gasteiger partial charge is 0.398 e. The lowest BCUT2D eigenvalue weighted by atomic mass is 10.1. The first-order chi connectivity index (χ1) is 14.5. The van der Waals surface area contributed by atoms with E-state index in [1.165, 1.54) is 0 Å². The van der Waals surface area contributed by atoms with Crippen LogP contribution in [0, 0.1) is 11.3 Å². The first-order valence-electron chi connectivity index (χ1n) is 9.59. The van der Waals surface area contributed by atoms with Crippen LogP contribution in [0.25, 0.3) is 5.69 Å². The zero-order chi connectivity index (χ0) is 20.8. The maximum absolute atomic E-state index is 13.4. The lowest BCUT2D eigenvalue weighted by Gasteiger charge is -2.17. The fourth-order valence-corrected chi connectivity index (χ4v) is 3.86. The lowest BCUT2D eigenvalue weighted by Crippen LogP contribution is -2.24. The summed E-state index contributed by atoms with van der Waals surface area (Å²) in [7, 11) is 0. The molecule has 2 aliphatic heterocycles. The van der Waals surface area contributed by atoms with Gasteiger partial charge in [0.1, 0.15) is 18.1 Å². The number of carbonyl (C=O) groups is 1. The third kappa shape index (κ3) is 2.93. The minimum Gasteiger partial charge on any atom is -0.398 e. The summed E-state index contributed by atoms with van der Waals surface area (Å²) in [6.07, 6.45) is 3.08. The molecule has 0 saturated carbocycles. The average molecular weight is 403 g/mol. The monoisotopic (exact) mass is 403 g/mol. The molecule has 1 fully saturated rings. The van der Waals surface area contributed by atoms with Gasteiger partial charge in [-0.15, -0.1) is 0 Å². The number of nitrogen functional groups attached to an aromatic ring is 1. The summed E-state index contributed by atoms with van der Waals surface area (Å²) in [6.45, 7) is 1.35. The summed E-state index contributed by atoms with van der Waals surface area (Å²) in [4.78, 5) is 20.8. The highest BCUT2D eigenvalue weighted by molar-refractivity contribution is 6.09. The lowest BCUT2D eigenvalue weighted by molar-refractivity contribution is 0.0996. The number of pyridine rings is 1. The third-order valence-corrected chi connectivity index (χ3v) is 5.49. The van der Waals surface area contributed by atoms with Gasteiger partial charge in [0.05, 0.1) is 47.5 Å². The Morgan fingerprint density at radius 3 is 2.70 bits per heavy atom. The molecule has 5 rings (SSSR count). The normalized spacial score (nSPS) is 18.0. The van der Waals surface area contributed by atoms with Crippen LogP contribution in [-0.4, -0.2) is 39.9 Å². The molecule has 8 nitrogen and oxygen atoms in total. The molecule has 2 N–H and O–H groups in total. The van der Waals surface area contributed by atoms with E-state index in [9.17, 15) is 9.18 Å². The summed E-state index contributed by atoms with van der Waals surface area (Å²) >= 11 is 0. The van der Waals surface area contributed by atoms with Crippen LogP contribution in [0.5, 0.6) is 0 Å². The van der Waals surface area contributed by atoms with Crippen LogP contribution in [-0.2, 0) is 6.54 Å². The molecule has 150 valence electrons. The first kappa shape index (κ1) is 18.1. The summed E-state index contributed by atoms with van der Waals surface area (Å²) in [5.74, 6) is 0.565. The van der Waals surface area contributed by atoms with E-state index in [0.717, 1.165) is 11.5 Å². The highest BCUT2D eigenvalue weighted by Crippen LogP contribution is 2.30. The van der Waals surface area contributed by atoms with Gasteiger partial charge >= 0.3 is 0 Å². The molecule has 3 aromatic rings. The minimum absolute atomic E-state index is 0.170. The minimum atomic E-state index is -0.805. The number of aromatic nitrogens is 3. The zero-order valence-electron chi connectivity index (χ0n) is 16.0.